The zero-order chi connectivity index (χ0) is 21.1. The number of likely N-dealkylation sites (N-methyl/N-ethyl adjacent to an activating group) is 1. The van der Waals surface area contributed by atoms with Crippen molar-refractivity contribution in [2.24, 2.45) is 0 Å². The van der Waals surface area contributed by atoms with Gasteiger partial charge in [-0.3, -0.25) is 0 Å². The first-order valence-corrected chi connectivity index (χ1v) is 10.5. The summed E-state index contributed by atoms with van der Waals surface area (Å²) in [6, 6.07) is 13.9. The van der Waals surface area contributed by atoms with Crippen molar-refractivity contribution >= 4 is 32.8 Å². The molecule has 0 spiro atoms. The number of hydrogen-bond donors (Lipinski definition) is 0. The Bertz CT molecular complexity index is 1010. The molecule has 29 heavy (non-hydrogen) atoms. The summed E-state index contributed by atoms with van der Waals surface area (Å²) >= 11 is 3.48. The molecule has 154 valence electrons. The third-order valence-electron chi connectivity index (χ3n) is 4.70. The second-order valence-electron chi connectivity index (χ2n) is 7.36. The van der Waals surface area contributed by atoms with Crippen LogP contribution in [-0.2, 0) is 4.74 Å². The topological polar surface area (TPSA) is 43.7 Å². The summed E-state index contributed by atoms with van der Waals surface area (Å²) < 4.78 is 14.5. The van der Waals surface area contributed by atoms with Crippen LogP contribution in [0.1, 0.15) is 29.9 Å². The van der Waals surface area contributed by atoms with Gasteiger partial charge in [0.2, 0.25) is 0 Å². The minimum absolute atomic E-state index is 0.0307. The molecule has 1 atom stereocenters. The molecule has 3 aromatic rings. The second kappa shape index (κ2) is 9.01. The van der Waals surface area contributed by atoms with E-state index in [1.807, 2.05) is 77.3 Å². The normalized spacial score (nSPS) is 12.4. The Morgan fingerprint density at radius 2 is 1.86 bits per heavy atom. The van der Waals surface area contributed by atoms with Gasteiger partial charge in [-0.15, -0.1) is 0 Å². The van der Waals surface area contributed by atoms with Crippen molar-refractivity contribution in [3.63, 3.8) is 0 Å². The summed E-state index contributed by atoms with van der Waals surface area (Å²) in [5.74, 6) is 0.426. The van der Waals surface area contributed by atoms with E-state index in [0.29, 0.717) is 12.2 Å². The van der Waals surface area contributed by atoms with Crippen LogP contribution in [0, 0.1) is 6.92 Å². The third kappa shape index (κ3) is 4.65. The van der Waals surface area contributed by atoms with Crippen LogP contribution in [0.15, 0.2) is 46.9 Å². The van der Waals surface area contributed by atoms with Gasteiger partial charge in [0.1, 0.15) is 11.9 Å². The highest BCUT2D eigenvalue weighted by Gasteiger charge is 2.22. The van der Waals surface area contributed by atoms with Crippen LogP contribution in [0.4, 0.5) is 0 Å². The number of carbonyl (C=O) groups excluding carboxylic acids is 1. The Labute approximate surface area is 180 Å². The van der Waals surface area contributed by atoms with Gasteiger partial charge in [0, 0.05) is 27.8 Å². The van der Waals surface area contributed by atoms with Gasteiger partial charge in [0.05, 0.1) is 17.7 Å². The fourth-order valence-electron chi connectivity index (χ4n) is 3.64. The molecule has 0 radical (unpaired) electrons. The molecule has 0 aliphatic rings. The lowest BCUT2D eigenvalue weighted by atomic mass is 10.1. The number of esters is 1. The molecular formula is C23H27BrN2O3. The first-order chi connectivity index (χ1) is 13.8. The van der Waals surface area contributed by atoms with Gasteiger partial charge in [-0.25, -0.2) is 4.79 Å². The van der Waals surface area contributed by atoms with Gasteiger partial charge in [0.15, 0.2) is 0 Å². The van der Waals surface area contributed by atoms with E-state index < -0.39 is 0 Å². The van der Waals surface area contributed by atoms with Gasteiger partial charge in [-0.1, -0.05) is 15.9 Å². The molecule has 5 nitrogen and oxygen atoms in total. The van der Waals surface area contributed by atoms with Crippen molar-refractivity contribution in [3.05, 3.63) is 58.2 Å². The average molecular weight is 459 g/mol. The van der Waals surface area contributed by atoms with E-state index in [2.05, 4.69) is 25.4 Å². The molecule has 1 heterocycles. The van der Waals surface area contributed by atoms with Crippen LogP contribution in [-0.4, -0.2) is 48.8 Å². The molecule has 3 rings (SSSR count). The zero-order valence-corrected chi connectivity index (χ0v) is 19.1. The molecule has 0 amide bonds. The minimum Gasteiger partial charge on any atom is -0.489 e. The van der Waals surface area contributed by atoms with E-state index in [0.717, 1.165) is 39.1 Å². The third-order valence-corrected chi connectivity index (χ3v) is 5.23. The number of carbonyl (C=O) groups is 1. The van der Waals surface area contributed by atoms with Crippen LogP contribution in [0.2, 0.25) is 0 Å². The lowest BCUT2D eigenvalue weighted by Gasteiger charge is -2.19. The quantitative estimate of drug-likeness (QED) is 0.456. The maximum atomic E-state index is 12.8. The number of aromatic nitrogens is 1. The smallest absolute Gasteiger partial charge is 0.340 e. The molecule has 0 aliphatic heterocycles. The molecule has 6 heteroatoms. The predicted octanol–water partition coefficient (Wildman–Crippen LogP) is 5.21. The van der Waals surface area contributed by atoms with Crippen molar-refractivity contribution in [1.82, 2.24) is 9.47 Å². The Hall–Kier alpha value is -2.31. The fraction of sp³-hybridized carbons (Fsp3) is 0.348. The first-order valence-electron chi connectivity index (χ1n) is 9.71. The summed E-state index contributed by atoms with van der Waals surface area (Å²) in [5, 5.41) is 0.832. The van der Waals surface area contributed by atoms with Gasteiger partial charge in [-0.2, -0.15) is 0 Å². The molecule has 0 aliphatic carbocycles. The standard InChI is InChI=1S/C23H27BrN2O3/c1-6-28-23(27)22-16(3)26(18-9-7-17(24)8-10-18)21-12-11-19(13-20(21)22)29-15(2)14-25(4)5/h7-13,15H,6,14H2,1-5H3. The second-order valence-corrected chi connectivity index (χ2v) is 8.28. The van der Waals surface area contributed by atoms with Crippen molar-refractivity contribution in [3.8, 4) is 11.4 Å². The summed E-state index contributed by atoms with van der Waals surface area (Å²) in [6.07, 6.45) is 0.0307. The predicted molar refractivity (Wildman–Crippen MR) is 120 cm³/mol. The maximum absolute atomic E-state index is 12.8. The molecule has 0 fully saturated rings. The number of fused-ring (bicyclic) bond motifs is 1. The van der Waals surface area contributed by atoms with Crippen LogP contribution >= 0.6 is 15.9 Å². The molecule has 0 N–H and O–H groups in total. The lowest BCUT2D eigenvalue weighted by molar-refractivity contribution is 0.0527. The summed E-state index contributed by atoms with van der Waals surface area (Å²) in [7, 11) is 4.03. The number of halogens is 1. The van der Waals surface area contributed by atoms with Crippen LogP contribution in [0.25, 0.3) is 16.6 Å². The monoisotopic (exact) mass is 458 g/mol. The van der Waals surface area contributed by atoms with Gasteiger partial charge in [-0.05, 0) is 77.3 Å². The van der Waals surface area contributed by atoms with Crippen LogP contribution in [0.5, 0.6) is 5.75 Å². The van der Waals surface area contributed by atoms with Gasteiger partial charge in [0.25, 0.3) is 0 Å². The van der Waals surface area contributed by atoms with E-state index in [1.165, 1.54) is 0 Å². The molecular weight excluding hydrogens is 432 g/mol. The molecule has 0 bridgehead atoms. The Morgan fingerprint density at radius 3 is 2.48 bits per heavy atom. The Balaban J connectivity index is 2.13. The summed E-state index contributed by atoms with van der Waals surface area (Å²) in [4.78, 5) is 14.9. The highest BCUT2D eigenvalue weighted by atomic mass is 79.9. The van der Waals surface area contributed by atoms with E-state index in [9.17, 15) is 4.79 Å². The van der Waals surface area contributed by atoms with Crippen molar-refractivity contribution in [2.75, 3.05) is 27.2 Å². The minimum atomic E-state index is -0.315. The van der Waals surface area contributed by atoms with Gasteiger partial charge >= 0.3 is 5.97 Å². The van der Waals surface area contributed by atoms with Gasteiger partial charge < -0.3 is 18.9 Å². The number of nitrogens with zero attached hydrogens (tertiary/aromatic N) is 2. The first kappa shape index (κ1) is 21.4. The average Bonchev–Trinajstić information content (AvgIpc) is 2.93. The zero-order valence-electron chi connectivity index (χ0n) is 17.5. The molecule has 0 saturated heterocycles. The summed E-state index contributed by atoms with van der Waals surface area (Å²) in [5.41, 5.74) is 3.36. The largest absolute Gasteiger partial charge is 0.489 e. The lowest BCUT2D eigenvalue weighted by Crippen LogP contribution is -2.27. The van der Waals surface area contributed by atoms with E-state index in [-0.39, 0.29) is 12.1 Å². The molecule has 2 aromatic carbocycles. The van der Waals surface area contributed by atoms with Crippen molar-refractivity contribution < 1.29 is 14.3 Å². The Morgan fingerprint density at radius 1 is 1.17 bits per heavy atom. The fourth-order valence-corrected chi connectivity index (χ4v) is 3.90. The SMILES string of the molecule is CCOC(=O)c1c(C)n(-c2ccc(Br)cc2)c2ccc(OC(C)CN(C)C)cc12. The highest BCUT2D eigenvalue weighted by Crippen LogP contribution is 2.33. The number of ether oxygens (including phenoxy) is 2. The number of hydrogen-bond acceptors (Lipinski definition) is 4. The van der Waals surface area contributed by atoms with E-state index >= 15 is 0 Å². The number of rotatable bonds is 7. The highest BCUT2D eigenvalue weighted by molar-refractivity contribution is 9.10. The molecule has 1 unspecified atom stereocenters. The molecule has 1 aromatic heterocycles. The Kier molecular flexibility index (Phi) is 6.65. The number of benzene rings is 2. The van der Waals surface area contributed by atoms with Crippen LogP contribution < -0.4 is 4.74 Å². The van der Waals surface area contributed by atoms with Crippen LogP contribution in [0.3, 0.4) is 0 Å². The van der Waals surface area contributed by atoms with Crippen molar-refractivity contribution in [1.29, 1.82) is 0 Å². The van der Waals surface area contributed by atoms with Crippen molar-refractivity contribution in [2.45, 2.75) is 26.9 Å². The molecule has 0 saturated carbocycles. The van der Waals surface area contributed by atoms with E-state index in [4.69, 9.17) is 9.47 Å². The maximum Gasteiger partial charge on any atom is 0.340 e. The summed E-state index contributed by atoms with van der Waals surface area (Å²) in [6.45, 7) is 6.94. The van der Waals surface area contributed by atoms with E-state index in [1.54, 1.807) is 0 Å².